The molecule has 0 amide bonds. The van der Waals surface area contributed by atoms with Crippen LogP contribution in [-0.2, 0) is 0 Å². The lowest BCUT2D eigenvalue weighted by Gasteiger charge is -2.19. The van der Waals surface area contributed by atoms with Gasteiger partial charge in [-0.3, -0.25) is 0 Å². The summed E-state index contributed by atoms with van der Waals surface area (Å²) in [5.41, 5.74) is 7.48. The van der Waals surface area contributed by atoms with Gasteiger partial charge in [0.25, 0.3) is 0 Å². The molecule has 1 aliphatic heterocycles. The maximum atomic E-state index is 12.9. The molecule has 0 aliphatic carbocycles. The quantitative estimate of drug-likeness (QED) is 0.668. The first-order chi connectivity index (χ1) is 6.27. The van der Waals surface area contributed by atoms with Gasteiger partial charge in [-0.05, 0) is 18.6 Å². The fourth-order valence-corrected chi connectivity index (χ4v) is 1.71. The summed E-state index contributed by atoms with van der Waals surface area (Å²) in [7, 11) is 0. The number of hydrogen-bond acceptors (Lipinski definition) is 2. The van der Waals surface area contributed by atoms with E-state index in [0.717, 1.165) is 17.9 Å². The number of nitrogen functional groups attached to an aromatic ring is 1. The predicted octanol–water partition coefficient (Wildman–Crippen LogP) is 1.82. The lowest BCUT2D eigenvalue weighted by Crippen LogP contribution is -2.20. The van der Waals surface area contributed by atoms with Crippen LogP contribution < -0.4 is 10.6 Å². The molecule has 3 heteroatoms. The zero-order chi connectivity index (χ0) is 9.26. The number of nitrogens with two attached hydrogens (primary N) is 1. The van der Waals surface area contributed by atoms with Gasteiger partial charge in [0.15, 0.2) is 0 Å². The first-order valence-corrected chi connectivity index (χ1v) is 4.51. The van der Waals surface area contributed by atoms with Crippen LogP contribution in [-0.4, -0.2) is 19.3 Å². The van der Waals surface area contributed by atoms with Crippen molar-refractivity contribution in [2.45, 2.75) is 12.6 Å². The van der Waals surface area contributed by atoms with Gasteiger partial charge in [-0.1, -0.05) is 12.1 Å². The molecule has 0 aromatic heterocycles. The normalized spacial score (nSPS) is 22.2. The maximum Gasteiger partial charge on any atom is 0.119 e. The predicted molar refractivity (Wildman–Crippen MR) is 52.6 cm³/mol. The molecule has 2 nitrogen and oxygen atoms in total. The van der Waals surface area contributed by atoms with E-state index in [9.17, 15) is 4.39 Å². The zero-order valence-corrected chi connectivity index (χ0v) is 7.41. The highest BCUT2D eigenvalue weighted by Gasteiger charge is 2.22. The van der Waals surface area contributed by atoms with Crippen LogP contribution in [0.1, 0.15) is 6.42 Å². The van der Waals surface area contributed by atoms with Crippen molar-refractivity contribution in [3.05, 3.63) is 24.3 Å². The fraction of sp³-hybridized carbons (Fsp3) is 0.400. The average Bonchev–Trinajstić information content (AvgIpc) is 2.53. The number of nitrogens with zero attached hydrogens (tertiary/aromatic N) is 1. The second kappa shape index (κ2) is 3.24. The highest BCUT2D eigenvalue weighted by molar-refractivity contribution is 5.67. The summed E-state index contributed by atoms with van der Waals surface area (Å²) in [6.07, 6.45) is -0.0754. The molecule has 1 atom stereocenters. The Kier molecular flexibility index (Phi) is 2.08. The minimum absolute atomic E-state index is 0.480. The molecule has 1 saturated heterocycles. The maximum absolute atomic E-state index is 12.9. The van der Waals surface area contributed by atoms with Crippen molar-refractivity contribution in [2.24, 2.45) is 0 Å². The first kappa shape index (κ1) is 8.35. The van der Waals surface area contributed by atoms with Gasteiger partial charge >= 0.3 is 0 Å². The number of anilines is 2. The molecule has 1 heterocycles. The number of halogens is 1. The van der Waals surface area contributed by atoms with Gasteiger partial charge < -0.3 is 10.6 Å². The summed E-state index contributed by atoms with van der Waals surface area (Å²) >= 11 is 0. The number of alkyl halides is 1. The van der Waals surface area contributed by atoms with E-state index in [4.69, 9.17) is 5.73 Å². The third-order valence-corrected chi connectivity index (χ3v) is 2.41. The SMILES string of the molecule is Nc1ccccc1N1CC[C@@H](F)C1. The summed E-state index contributed by atoms with van der Waals surface area (Å²) in [5, 5.41) is 0. The minimum Gasteiger partial charge on any atom is -0.397 e. The molecule has 2 N–H and O–H groups in total. The van der Waals surface area contributed by atoms with Crippen LogP contribution in [0.4, 0.5) is 15.8 Å². The van der Waals surface area contributed by atoms with Gasteiger partial charge in [-0.25, -0.2) is 4.39 Å². The molecule has 1 fully saturated rings. The largest absolute Gasteiger partial charge is 0.397 e. The number of para-hydroxylation sites is 2. The van der Waals surface area contributed by atoms with Crippen molar-refractivity contribution in [1.29, 1.82) is 0 Å². The van der Waals surface area contributed by atoms with E-state index in [1.165, 1.54) is 0 Å². The molecule has 0 spiro atoms. The summed E-state index contributed by atoms with van der Waals surface area (Å²) in [6.45, 7) is 1.25. The second-order valence-corrected chi connectivity index (χ2v) is 3.39. The third kappa shape index (κ3) is 1.59. The molecular weight excluding hydrogens is 167 g/mol. The lowest BCUT2D eigenvalue weighted by molar-refractivity contribution is 0.364. The summed E-state index contributed by atoms with van der Waals surface area (Å²) in [6, 6.07) is 7.60. The van der Waals surface area contributed by atoms with Crippen molar-refractivity contribution >= 4 is 11.4 Å². The molecule has 0 radical (unpaired) electrons. The lowest BCUT2D eigenvalue weighted by atomic mass is 10.2. The Balaban J connectivity index is 2.21. The van der Waals surface area contributed by atoms with Crippen LogP contribution in [0.25, 0.3) is 0 Å². The molecule has 0 saturated carbocycles. The van der Waals surface area contributed by atoms with Gasteiger partial charge in [0.2, 0.25) is 0 Å². The van der Waals surface area contributed by atoms with Gasteiger partial charge in [0.05, 0.1) is 11.4 Å². The van der Waals surface area contributed by atoms with Gasteiger partial charge in [-0.2, -0.15) is 0 Å². The smallest absolute Gasteiger partial charge is 0.119 e. The van der Waals surface area contributed by atoms with E-state index in [1.807, 2.05) is 29.2 Å². The van der Waals surface area contributed by atoms with E-state index in [1.54, 1.807) is 0 Å². The highest BCUT2D eigenvalue weighted by Crippen LogP contribution is 2.26. The summed E-state index contributed by atoms with van der Waals surface area (Å²) in [4.78, 5) is 2.00. The molecule has 1 aromatic carbocycles. The van der Waals surface area contributed by atoms with E-state index >= 15 is 0 Å². The Bertz CT molecular complexity index is 301. The molecule has 0 unspecified atom stereocenters. The summed E-state index contributed by atoms with van der Waals surface area (Å²) in [5.74, 6) is 0. The van der Waals surface area contributed by atoms with Crippen LogP contribution in [0.15, 0.2) is 24.3 Å². The average molecular weight is 180 g/mol. The minimum atomic E-state index is -0.695. The van der Waals surface area contributed by atoms with Crippen molar-refractivity contribution in [1.82, 2.24) is 0 Å². The molecule has 2 rings (SSSR count). The second-order valence-electron chi connectivity index (χ2n) is 3.39. The van der Waals surface area contributed by atoms with Crippen LogP contribution in [0.3, 0.4) is 0 Å². The Morgan fingerprint density at radius 2 is 2.15 bits per heavy atom. The van der Waals surface area contributed by atoms with Crippen molar-refractivity contribution < 1.29 is 4.39 Å². The van der Waals surface area contributed by atoms with Crippen LogP contribution >= 0.6 is 0 Å². The Morgan fingerprint density at radius 1 is 1.38 bits per heavy atom. The highest BCUT2D eigenvalue weighted by atomic mass is 19.1. The van der Waals surface area contributed by atoms with Crippen molar-refractivity contribution in [3.63, 3.8) is 0 Å². The van der Waals surface area contributed by atoms with E-state index in [0.29, 0.717) is 13.0 Å². The van der Waals surface area contributed by atoms with E-state index in [-0.39, 0.29) is 0 Å². The number of benzene rings is 1. The molecule has 13 heavy (non-hydrogen) atoms. The van der Waals surface area contributed by atoms with E-state index in [2.05, 4.69) is 0 Å². The molecular formula is C10H13FN2. The number of rotatable bonds is 1. The van der Waals surface area contributed by atoms with Crippen molar-refractivity contribution in [2.75, 3.05) is 23.7 Å². The Labute approximate surface area is 77.2 Å². The van der Waals surface area contributed by atoms with Crippen LogP contribution in [0.2, 0.25) is 0 Å². The van der Waals surface area contributed by atoms with Crippen molar-refractivity contribution in [3.8, 4) is 0 Å². The zero-order valence-electron chi connectivity index (χ0n) is 7.41. The Morgan fingerprint density at radius 3 is 2.77 bits per heavy atom. The fourth-order valence-electron chi connectivity index (χ4n) is 1.71. The van der Waals surface area contributed by atoms with Gasteiger partial charge in [-0.15, -0.1) is 0 Å². The monoisotopic (exact) mass is 180 g/mol. The molecule has 1 aromatic rings. The third-order valence-electron chi connectivity index (χ3n) is 2.41. The topological polar surface area (TPSA) is 29.3 Å². The first-order valence-electron chi connectivity index (χ1n) is 4.51. The molecule has 70 valence electrons. The van der Waals surface area contributed by atoms with Gasteiger partial charge in [0, 0.05) is 13.1 Å². The molecule has 1 aliphatic rings. The van der Waals surface area contributed by atoms with Crippen LogP contribution in [0.5, 0.6) is 0 Å². The Hall–Kier alpha value is -1.25. The van der Waals surface area contributed by atoms with E-state index < -0.39 is 6.17 Å². The van der Waals surface area contributed by atoms with Gasteiger partial charge in [0.1, 0.15) is 6.17 Å². The standard InChI is InChI=1S/C10H13FN2/c11-8-5-6-13(7-8)10-4-2-1-3-9(10)12/h1-4,8H,5-7,12H2/t8-/m1/s1. The molecule has 0 bridgehead atoms. The number of hydrogen-bond donors (Lipinski definition) is 1. The summed E-state index contributed by atoms with van der Waals surface area (Å²) < 4.78 is 12.9. The van der Waals surface area contributed by atoms with Crippen LogP contribution in [0, 0.1) is 0 Å².